The molecule has 0 spiro atoms. The summed E-state index contributed by atoms with van der Waals surface area (Å²) >= 11 is 0. The van der Waals surface area contributed by atoms with Gasteiger partial charge in [0.05, 0.1) is 4.92 Å². The SMILES string of the molecule is NCc1ccc(Nc2ccc([N+](=O)[O-])cn2)cc1. The van der Waals surface area contributed by atoms with E-state index < -0.39 is 4.92 Å². The summed E-state index contributed by atoms with van der Waals surface area (Å²) in [5, 5.41) is 13.5. The molecule has 0 bridgehead atoms. The lowest BCUT2D eigenvalue weighted by Gasteiger charge is -2.05. The molecule has 0 aliphatic carbocycles. The molecule has 0 amide bonds. The van der Waals surface area contributed by atoms with Gasteiger partial charge in [-0.3, -0.25) is 10.1 Å². The first-order valence-corrected chi connectivity index (χ1v) is 5.35. The average Bonchev–Trinajstić information content (AvgIpc) is 2.40. The van der Waals surface area contributed by atoms with Gasteiger partial charge < -0.3 is 11.1 Å². The number of rotatable bonds is 4. The number of nitrogens with zero attached hydrogens (tertiary/aromatic N) is 2. The van der Waals surface area contributed by atoms with Crippen LogP contribution >= 0.6 is 0 Å². The van der Waals surface area contributed by atoms with Crippen molar-refractivity contribution in [3.05, 3.63) is 58.3 Å². The minimum absolute atomic E-state index is 0.0287. The highest BCUT2D eigenvalue weighted by molar-refractivity contribution is 5.57. The average molecular weight is 244 g/mol. The Bertz CT molecular complexity index is 537. The molecule has 3 N–H and O–H groups in total. The zero-order valence-electron chi connectivity index (χ0n) is 9.54. The normalized spacial score (nSPS) is 10.1. The van der Waals surface area contributed by atoms with Crippen molar-refractivity contribution in [2.45, 2.75) is 6.54 Å². The molecule has 0 atom stereocenters. The van der Waals surface area contributed by atoms with Gasteiger partial charge in [-0.1, -0.05) is 12.1 Å². The van der Waals surface area contributed by atoms with Crippen LogP contribution in [0.25, 0.3) is 0 Å². The highest BCUT2D eigenvalue weighted by Gasteiger charge is 2.05. The Morgan fingerprint density at radius 3 is 2.44 bits per heavy atom. The van der Waals surface area contributed by atoms with Crippen LogP contribution in [0.5, 0.6) is 0 Å². The number of nitro groups is 1. The van der Waals surface area contributed by atoms with E-state index in [0.717, 1.165) is 11.3 Å². The smallest absolute Gasteiger partial charge is 0.287 e. The molecule has 1 aromatic carbocycles. The van der Waals surface area contributed by atoms with Crippen molar-refractivity contribution in [2.75, 3.05) is 5.32 Å². The number of benzene rings is 1. The van der Waals surface area contributed by atoms with Gasteiger partial charge in [0.1, 0.15) is 12.0 Å². The van der Waals surface area contributed by atoms with Gasteiger partial charge in [0.25, 0.3) is 5.69 Å². The van der Waals surface area contributed by atoms with Gasteiger partial charge in [-0.05, 0) is 23.8 Å². The van der Waals surface area contributed by atoms with Crippen molar-refractivity contribution in [3.8, 4) is 0 Å². The third-order valence-electron chi connectivity index (χ3n) is 2.42. The van der Waals surface area contributed by atoms with Crippen molar-refractivity contribution >= 4 is 17.2 Å². The summed E-state index contributed by atoms with van der Waals surface area (Å²) in [4.78, 5) is 14.0. The van der Waals surface area contributed by atoms with E-state index in [1.165, 1.54) is 12.3 Å². The maximum absolute atomic E-state index is 10.5. The summed E-state index contributed by atoms with van der Waals surface area (Å²) in [5.74, 6) is 0.557. The summed E-state index contributed by atoms with van der Waals surface area (Å²) in [6, 6.07) is 10.6. The van der Waals surface area contributed by atoms with Gasteiger partial charge in [-0.25, -0.2) is 4.98 Å². The monoisotopic (exact) mass is 244 g/mol. The van der Waals surface area contributed by atoms with Crippen LogP contribution in [-0.4, -0.2) is 9.91 Å². The fourth-order valence-electron chi connectivity index (χ4n) is 1.44. The highest BCUT2D eigenvalue weighted by atomic mass is 16.6. The maximum atomic E-state index is 10.5. The van der Waals surface area contributed by atoms with Crippen molar-refractivity contribution in [3.63, 3.8) is 0 Å². The third kappa shape index (κ3) is 2.80. The molecule has 2 aromatic rings. The molecule has 0 unspecified atom stereocenters. The predicted octanol–water partition coefficient (Wildman–Crippen LogP) is 2.19. The molecule has 18 heavy (non-hydrogen) atoms. The lowest BCUT2D eigenvalue weighted by atomic mass is 10.2. The van der Waals surface area contributed by atoms with E-state index in [1.807, 2.05) is 24.3 Å². The fourth-order valence-corrected chi connectivity index (χ4v) is 1.44. The molecule has 0 saturated heterocycles. The number of nitrogens with two attached hydrogens (primary N) is 1. The Labute approximate surface area is 104 Å². The van der Waals surface area contributed by atoms with Crippen molar-refractivity contribution < 1.29 is 4.92 Å². The molecule has 2 rings (SSSR count). The summed E-state index contributed by atoms with van der Waals surface area (Å²) in [6.45, 7) is 0.496. The largest absolute Gasteiger partial charge is 0.340 e. The number of hydrogen-bond acceptors (Lipinski definition) is 5. The van der Waals surface area contributed by atoms with Crippen LogP contribution in [0.1, 0.15) is 5.56 Å². The summed E-state index contributed by atoms with van der Waals surface area (Å²) < 4.78 is 0. The summed E-state index contributed by atoms with van der Waals surface area (Å²) in [7, 11) is 0. The van der Waals surface area contributed by atoms with Crippen LogP contribution in [0.3, 0.4) is 0 Å². The Balaban J connectivity index is 2.10. The highest BCUT2D eigenvalue weighted by Crippen LogP contribution is 2.17. The van der Waals surface area contributed by atoms with Crippen LogP contribution in [0, 0.1) is 10.1 Å². The van der Waals surface area contributed by atoms with E-state index in [2.05, 4.69) is 10.3 Å². The third-order valence-corrected chi connectivity index (χ3v) is 2.42. The number of pyridine rings is 1. The fraction of sp³-hybridized carbons (Fsp3) is 0.0833. The summed E-state index contributed by atoms with van der Waals surface area (Å²) in [6.07, 6.45) is 1.22. The number of hydrogen-bond donors (Lipinski definition) is 2. The minimum Gasteiger partial charge on any atom is -0.340 e. The van der Waals surface area contributed by atoms with E-state index in [4.69, 9.17) is 5.73 Å². The van der Waals surface area contributed by atoms with Crippen molar-refractivity contribution in [2.24, 2.45) is 5.73 Å². The topological polar surface area (TPSA) is 94.1 Å². The Kier molecular flexibility index (Phi) is 3.49. The zero-order valence-corrected chi connectivity index (χ0v) is 9.54. The molecule has 6 nitrogen and oxygen atoms in total. The molecule has 0 saturated carbocycles. The minimum atomic E-state index is -0.479. The standard InChI is InChI=1S/C12H12N4O2/c13-7-9-1-3-10(4-2-9)15-12-6-5-11(8-14-12)16(17)18/h1-6,8H,7,13H2,(H,14,15). The maximum Gasteiger partial charge on any atom is 0.287 e. The second-order valence-corrected chi connectivity index (χ2v) is 3.68. The van der Waals surface area contributed by atoms with Gasteiger partial charge in [0.2, 0.25) is 0 Å². The van der Waals surface area contributed by atoms with E-state index in [0.29, 0.717) is 12.4 Å². The lowest BCUT2D eigenvalue weighted by molar-refractivity contribution is -0.385. The first kappa shape index (κ1) is 12.0. The van der Waals surface area contributed by atoms with Gasteiger partial charge in [-0.15, -0.1) is 0 Å². The number of nitrogens with one attached hydrogen (secondary N) is 1. The van der Waals surface area contributed by atoms with Gasteiger partial charge in [0.15, 0.2) is 0 Å². The summed E-state index contributed by atoms with van der Waals surface area (Å²) in [5.41, 5.74) is 7.37. The van der Waals surface area contributed by atoms with E-state index >= 15 is 0 Å². The second-order valence-electron chi connectivity index (χ2n) is 3.68. The molecule has 1 aromatic heterocycles. The quantitative estimate of drug-likeness (QED) is 0.635. The lowest BCUT2D eigenvalue weighted by Crippen LogP contribution is -1.97. The molecule has 0 aliphatic rings. The van der Waals surface area contributed by atoms with Crippen LogP contribution in [0.4, 0.5) is 17.2 Å². The molecule has 0 fully saturated rings. The Morgan fingerprint density at radius 2 is 1.94 bits per heavy atom. The van der Waals surface area contributed by atoms with Crippen molar-refractivity contribution in [1.29, 1.82) is 0 Å². The van der Waals surface area contributed by atoms with Crippen LogP contribution in [-0.2, 0) is 6.54 Å². The molecule has 92 valence electrons. The zero-order chi connectivity index (χ0) is 13.0. The molecular formula is C12H12N4O2. The molecule has 0 radical (unpaired) electrons. The van der Waals surface area contributed by atoms with Crippen LogP contribution < -0.4 is 11.1 Å². The number of anilines is 2. The van der Waals surface area contributed by atoms with Gasteiger partial charge in [0, 0.05) is 18.3 Å². The first-order chi connectivity index (χ1) is 8.69. The first-order valence-electron chi connectivity index (χ1n) is 5.35. The van der Waals surface area contributed by atoms with E-state index in [1.54, 1.807) is 6.07 Å². The molecular weight excluding hydrogens is 232 g/mol. The van der Waals surface area contributed by atoms with E-state index in [9.17, 15) is 10.1 Å². The van der Waals surface area contributed by atoms with Crippen LogP contribution in [0.2, 0.25) is 0 Å². The predicted molar refractivity (Wildman–Crippen MR) is 68.5 cm³/mol. The molecule has 1 heterocycles. The Hall–Kier alpha value is -2.47. The molecule has 6 heteroatoms. The number of aromatic nitrogens is 1. The van der Waals surface area contributed by atoms with Gasteiger partial charge >= 0.3 is 0 Å². The van der Waals surface area contributed by atoms with E-state index in [-0.39, 0.29) is 5.69 Å². The van der Waals surface area contributed by atoms with Gasteiger partial charge in [-0.2, -0.15) is 0 Å². The Morgan fingerprint density at radius 1 is 1.22 bits per heavy atom. The van der Waals surface area contributed by atoms with Crippen molar-refractivity contribution in [1.82, 2.24) is 4.98 Å². The van der Waals surface area contributed by atoms with Crippen LogP contribution in [0.15, 0.2) is 42.6 Å². The second kappa shape index (κ2) is 5.24. The molecule has 0 aliphatic heterocycles.